The number of hydrogen-bond acceptors (Lipinski definition) is 3. The summed E-state index contributed by atoms with van der Waals surface area (Å²) in [6.45, 7) is 10.8. The molecular weight excluding hydrogens is 264 g/mol. The summed E-state index contributed by atoms with van der Waals surface area (Å²) in [5, 5.41) is 6.90. The van der Waals surface area contributed by atoms with Crippen LogP contribution in [0.3, 0.4) is 0 Å². The molecule has 0 aliphatic carbocycles. The van der Waals surface area contributed by atoms with Crippen LogP contribution in [0.15, 0.2) is 4.99 Å². The molecule has 0 amide bonds. The maximum absolute atomic E-state index is 5.81. The molecule has 0 radical (unpaired) electrons. The lowest BCUT2D eigenvalue weighted by Crippen LogP contribution is -2.48. The van der Waals surface area contributed by atoms with Crippen LogP contribution < -0.4 is 10.6 Å². The summed E-state index contributed by atoms with van der Waals surface area (Å²) in [6, 6.07) is 0. The molecule has 2 aliphatic rings. The van der Waals surface area contributed by atoms with Gasteiger partial charge in [0.1, 0.15) is 0 Å². The van der Waals surface area contributed by atoms with Gasteiger partial charge in [0.15, 0.2) is 5.96 Å². The predicted octanol–water partition coefficient (Wildman–Crippen LogP) is 1.45. The lowest BCUT2D eigenvalue weighted by atomic mass is 9.98. The van der Waals surface area contributed by atoms with Gasteiger partial charge in [0.05, 0.1) is 5.60 Å². The van der Waals surface area contributed by atoms with E-state index in [0.717, 1.165) is 38.0 Å². The number of likely N-dealkylation sites (tertiary alicyclic amines) is 1. The second-order valence-corrected chi connectivity index (χ2v) is 6.61. The summed E-state index contributed by atoms with van der Waals surface area (Å²) < 4.78 is 5.81. The minimum absolute atomic E-state index is 0.0263. The molecule has 5 heteroatoms. The molecule has 2 heterocycles. The zero-order valence-electron chi connectivity index (χ0n) is 14.0. The lowest BCUT2D eigenvalue weighted by Gasteiger charge is -2.32. The first kappa shape index (κ1) is 16.6. The SMILES string of the molecule is CCN1CCCC(CNC(=NC)NCC2(C)CCCO2)C1. The number of aliphatic imine (C=N–C) groups is 1. The van der Waals surface area contributed by atoms with Gasteiger partial charge in [0, 0.05) is 33.3 Å². The van der Waals surface area contributed by atoms with Crippen molar-refractivity contribution in [2.45, 2.75) is 45.1 Å². The van der Waals surface area contributed by atoms with Crippen molar-refractivity contribution in [2.75, 3.05) is 46.4 Å². The zero-order chi connectivity index (χ0) is 15.1. The van der Waals surface area contributed by atoms with E-state index in [1.54, 1.807) is 0 Å². The second kappa shape index (κ2) is 7.99. The Balaban J connectivity index is 1.70. The Kier molecular flexibility index (Phi) is 6.30. The number of hydrogen-bond donors (Lipinski definition) is 2. The fourth-order valence-electron chi connectivity index (χ4n) is 3.31. The Morgan fingerprint density at radius 1 is 1.38 bits per heavy atom. The van der Waals surface area contributed by atoms with Gasteiger partial charge in [-0.05, 0) is 51.6 Å². The highest BCUT2D eigenvalue weighted by atomic mass is 16.5. The fraction of sp³-hybridized carbons (Fsp3) is 0.938. The Hall–Kier alpha value is -0.810. The van der Waals surface area contributed by atoms with Gasteiger partial charge in [-0.2, -0.15) is 0 Å². The third-order valence-electron chi connectivity index (χ3n) is 4.76. The first-order chi connectivity index (χ1) is 10.1. The highest BCUT2D eigenvalue weighted by Gasteiger charge is 2.29. The third-order valence-corrected chi connectivity index (χ3v) is 4.76. The molecule has 2 saturated heterocycles. The van der Waals surface area contributed by atoms with Gasteiger partial charge < -0.3 is 20.3 Å². The van der Waals surface area contributed by atoms with Crippen molar-refractivity contribution in [1.82, 2.24) is 15.5 Å². The van der Waals surface area contributed by atoms with E-state index in [1.807, 2.05) is 7.05 Å². The van der Waals surface area contributed by atoms with Crippen molar-refractivity contribution in [3.63, 3.8) is 0 Å². The van der Waals surface area contributed by atoms with Crippen molar-refractivity contribution in [3.05, 3.63) is 0 Å². The van der Waals surface area contributed by atoms with Gasteiger partial charge >= 0.3 is 0 Å². The molecule has 2 aliphatic heterocycles. The first-order valence-electron chi connectivity index (χ1n) is 8.46. The third kappa shape index (κ3) is 5.15. The molecule has 122 valence electrons. The van der Waals surface area contributed by atoms with Crippen LogP contribution in [-0.2, 0) is 4.74 Å². The van der Waals surface area contributed by atoms with Crippen molar-refractivity contribution in [3.8, 4) is 0 Å². The van der Waals surface area contributed by atoms with E-state index in [1.165, 1.54) is 38.9 Å². The average Bonchev–Trinajstić information content (AvgIpc) is 2.95. The van der Waals surface area contributed by atoms with Gasteiger partial charge in [-0.15, -0.1) is 0 Å². The Labute approximate surface area is 129 Å². The predicted molar refractivity (Wildman–Crippen MR) is 87.8 cm³/mol. The van der Waals surface area contributed by atoms with Crippen molar-refractivity contribution in [1.29, 1.82) is 0 Å². The molecule has 21 heavy (non-hydrogen) atoms. The van der Waals surface area contributed by atoms with Crippen LogP contribution in [0.5, 0.6) is 0 Å². The second-order valence-electron chi connectivity index (χ2n) is 6.61. The van der Waals surface area contributed by atoms with E-state index in [9.17, 15) is 0 Å². The highest BCUT2D eigenvalue weighted by molar-refractivity contribution is 5.79. The smallest absolute Gasteiger partial charge is 0.191 e. The van der Waals surface area contributed by atoms with Crippen molar-refractivity contribution >= 4 is 5.96 Å². The summed E-state index contributed by atoms with van der Waals surface area (Å²) in [7, 11) is 1.84. The van der Waals surface area contributed by atoms with Crippen LogP contribution in [-0.4, -0.2) is 62.8 Å². The Bertz CT molecular complexity index is 339. The molecule has 0 aromatic carbocycles. The minimum atomic E-state index is -0.0263. The lowest BCUT2D eigenvalue weighted by molar-refractivity contribution is 0.0242. The monoisotopic (exact) mass is 296 g/mol. The topological polar surface area (TPSA) is 48.9 Å². The van der Waals surface area contributed by atoms with Crippen LogP contribution in [0.2, 0.25) is 0 Å². The van der Waals surface area contributed by atoms with Crippen LogP contribution in [0.25, 0.3) is 0 Å². The van der Waals surface area contributed by atoms with E-state index in [0.29, 0.717) is 0 Å². The number of nitrogens with zero attached hydrogens (tertiary/aromatic N) is 2. The van der Waals surface area contributed by atoms with Crippen molar-refractivity contribution < 1.29 is 4.74 Å². The molecule has 0 aromatic rings. The number of guanidine groups is 1. The first-order valence-corrected chi connectivity index (χ1v) is 8.46. The Morgan fingerprint density at radius 2 is 2.24 bits per heavy atom. The molecule has 2 atom stereocenters. The molecule has 2 unspecified atom stereocenters. The van der Waals surface area contributed by atoms with E-state index in [-0.39, 0.29) is 5.60 Å². The molecule has 2 fully saturated rings. The number of ether oxygens (including phenoxy) is 1. The molecule has 0 saturated carbocycles. The Morgan fingerprint density at radius 3 is 2.90 bits per heavy atom. The van der Waals surface area contributed by atoms with E-state index < -0.39 is 0 Å². The largest absolute Gasteiger partial charge is 0.373 e. The molecule has 2 rings (SSSR count). The summed E-state index contributed by atoms with van der Waals surface area (Å²) in [5.74, 6) is 1.64. The number of rotatable bonds is 5. The quantitative estimate of drug-likeness (QED) is 0.595. The zero-order valence-corrected chi connectivity index (χ0v) is 14.0. The minimum Gasteiger partial charge on any atom is -0.373 e. The van der Waals surface area contributed by atoms with Crippen LogP contribution in [0.4, 0.5) is 0 Å². The van der Waals surface area contributed by atoms with Crippen molar-refractivity contribution in [2.24, 2.45) is 10.9 Å². The van der Waals surface area contributed by atoms with E-state index in [4.69, 9.17) is 4.74 Å². The van der Waals surface area contributed by atoms with Crippen LogP contribution in [0, 0.1) is 5.92 Å². The van der Waals surface area contributed by atoms with Gasteiger partial charge in [-0.25, -0.2) is 0 Å². The molecule has 0 aromatic heterocycles. The van der Waals surface area contributed by atoms with Gasteiger partial charge in [0.25, 0.3) is 0 Å². The maximum Gasteiger partial charge on any atom is 0.191 e. The molecule has 0 bridgehead atoms. The van der Waals surface area contributed by atoms with Gasteiger partial charge in [0.2, 0.25) is 0 Å². The van der Waals surface area contributed by atoms with E-state index in [2.05, 4.69) is 34.4 Å². The number of nitrogens with one attached hydrogen (secondary N) is 2. The summed E-state index contributed by atoms with van der Waals surface area (Å²) in [4.78, 5) is 6.87. The van der Waals surface area contributed by atoms with Gasteiger partial charge in [-0.1, -0.05) is 6.92 Å². The average molecular weight is 296 g/mol. The standard InChI is InChI=1S/C16H32N4O/c1-4-20-9-5-7-14(12-20)11-18-15(17-3)19-13-16(2)8-6-10-21-16/h14H,4-13H2,1-3H3,(H2,17,18,19). The van der Waals surface area contributed by atoms with Crippen LogP contribution >= 0.6 is 0 Å². The van der Waals surface area contributed by atoms with E-state index >= 15 is 0 Å². The summed E-state index contributed by atoms with van der Waals surface area (Å²) in [5.41, 5.74) is -0.0263. The highest BCUT2D eigenvalue weighted by Crippen LogP contribution is 2.23. The van der Waals surface area contributed by atoms with Gasteiger partial charge in [-0.3, -0.25) is 4.99 Å². The molecular formula is C16H32N4O. The molecule has 2 N–H and O–H groups in total. The normalized spacial score (nSPS) is 31.4. The summed E-state index contributed by atoms with van der Waals surface area (Å²) >= 11 is 0. The van der Waals surface area contributed by atoms with Crippen LogP contribution in [0.1, 0.15) is 39.5 Å². The molecule has 5 nitrogen and oxygen atoms in total. The summed E-state index contributed by atoms with van der Waals surface area (Å²) in [6.07, 6.45) is 4.93. The fourth-order valence-corrected chi connectivity index (χ4v) is 3.31. The maximum atomic E-state index is 5.81. The number of piperidine rings is 1. The molecule has 0 spiro atoms.